The first-order valence-electron chi connectivity index (χ1n) is 7.19. The summed E-state index contributed by atoms with van der Waals surface area (Å²) in [6, 6.07) is 9.72. The number of hydrogen-bond acceptors (Lipinski definition) is 3. The van der Waals surface area contributed by atoms with E-state index in [1.807, 2.05) is 43.5 Å². The van der Waals surface area contributed by atoms with Gasteiger partial charge in [0.1, 0.15) is 0 Å². The fourth-order valence-electron chi connectivity index (χ4n) is 2.12. The van der Waals surface area contributed by atoms with Crippen LogP contribution in [0.4, 0.5) is 4.79 Å². The van der Waals surface area contributed by atoms with Crippen LogP contribution in [0.1, 0.15) is 12.5 Å². The fraction of sp³-hybridized carbons (Fsp3) is 0.375. The molecule has 0 bridgehead atoms. The van der Waals surface area contributed by atoms with E-state index in [0.717, 1.165) is 11.3 Å². The van der Waals surface area contributed by atoms with Crippen LogP contribution in [-0.2, 0) is 11.3 Å². The maximum absolute atomic E-state index is 12.0. The molecule has 2 rings (SSSR count). The highest BCUT2D eigenvalue weighted by Crippen LogP contribution is 2.09. The number of para-hydroxylation sites is 1. The smallest absolute Gasteiger partial charge is 0.317 e. The van der Waals surface area contributed by atoms with Gasteiger partial charge in [0.15, 0.2) is 0 Å². The van der Waals surface area contributed by atoms with Gasteiger partial charge in [-0.25, -0.2) is 9.48 Å². The number of carbonyl (C=O) groups excluding carboxylic acids is 1. The molecule has 0 aliphatic carbocycles. The highest BCUT2D eigenvalue weighted by molar-refractivity contribution is 5.74. The summed E-state index contributed by atoms with van der Waals surface area (Å²) >= 11 is 0. The molecule has 0 saturated heterocycles. The third-order valence-electron chi connectivity index (χ3n) is 3.21. The Bertz CT molecular complexity index is 597. The normalized spacial score (nSPS) is 12.0. The Morgan fingerprint density at radius 2 is 2.14 bits per heavy atom. The quantitative estimate of drug-likeness (QED) is 0.888. The Balaban J connectivity index is 1.93. The molecule has 0 radical (unpaired) electrons. The summed E-state index contributed by atoms with van der Waals surface area (Å²) in [5, 5.41) is 7.20. The zero-order chi connectivity index (χ0) is 15.9. The van der Waals surface area contributed by atoms with Crippen LogP contribution in [0, 0.1) is 0 Å². The van der Waals surface area contributed by atoms with Gasteiger partial charge in [0.05, 0.1) is 31.1 Å². The van der Waals surface area contributed by atoms with Crippen LogP contribution in [-0.4, -0.2) is 47.5 Å². The number of urea groups is 1. The van der Waals surface area contributed by atoms with Crippen LogP contribution >= 0.6 is 0 Å². The van der Waals surface area contributed by atoms with Crippen LogP contribution < -0.4 is 5.32 Å². The maximum Gasteiger partial charge on any atom is 0.317 e. The Morgan fingerprint density at radius 3 is 2.82 bits per heavy atom. The molecule has 22 heavy (non-hydrogen) atoms. The Hall–Kier alpha value is -2.34. The van der Waals surface area contributed by atoms with Crippen LogP contribution in [0.2, 0.25) is 0 Å². The number of benzene rings is 1. The molecule has 0 aliphatic rings. The maximum atomic E-state index is 12.0. The summed E-state index contributed by atoms with van der Waals surface area (Å²) in [4.78, 5) is 13.7. The van der Waals surface area contributed by atoms with Gasteiger partial charge in [-0.15, -0.1) is 0 Å². The fourth-order valence-corrected chi connectivity index (χ4v) is 2.12. The molecule has 6 nitrogen and oxygen atoms in total. The van der Waals surface area contributed by atoms with Gasteiger partial charge in [0, 0.05) is 25.9 Å². The van der Waals surface area contributed by atoms with E-state index in [0.29, 0.717) is 13.2 Å². The SMILES string of the molecule is COCC(C)NC(=O)N(C)Cc1cnn(-c2ccccc2)c1. The third kappa shape index (κ3) is 4.33. The number of aromatic nitrogens is 2. The lowest BCUT2D eigenvalue weighted by atomic mass is 10.3. The van der Waals surface area contributed by atoms with Crippen molar-refractivity contribution in [2.75, 3.05) is 20.8 Å². The summed E-state index contributed by atoms with van der Waals surface area (Å²) in [6.07, 6.45) is 3.70. The molecule has 1 N–H and O–H groups in total. The summed E-state index contributed by atoms with van der Waals surface area (Å²) < 4.78 is 6.81. The zero-order valence-corrected chi connectivity index (χ0v) is 13.2. The lowest BCUT2D eigenvalue weighted by molar-refractivity contribution is 0.162. The molecule has 2 amide bonds. The average Bonchev–Trinajstić information content (AvgIpc) is 2.96. The van der Waals surface area contributed by atoms with Crippen molar-refractivity contribution in [3.8, 4) is 5.69 Å². The van der Waals surface area contributed by atoms with Gasteiger partial charge < -0.3 is 15.0 Å². The number of carbonyl (C=O) groups is 1. The summed E-state index contributed by atoms with van der Waals surface area (Å²) in [5.74, 6) is 0. The second kappa shape index (κ2) is 7.61. The second-order valence-corrected chi connectivity index (χ2v) is 5.29. The monoisotopic (exact) mass is 302 g/mol. The number of rotatable bonds is 6. The number of nitrogens with one attached hydrogen (secondary N) is 1. The minimum absolute atomic E-state index is 0.0213. The first-order chi connectivity index (χ1) is 10.6. The Kier molecular flexibility index (Phi) is 5.55. The first kappa shape index (κ1) is 16.0. The van der Waals surface area contributed by atoms with Crippen LogP contribution in [0.25, 0.3) is 5.69 Å². The Labute approximate surface area is 130 Å². The van der Waals surface area contributed by atoms with E-state index in [1.165, 1.54) is 0 Å². The molecule has 1 aromatic heterocycles. The number of amides is 2. The highest BCUT2D eigenvalue weighted by Gasteiger charge is 2.13. The lowest BCUT2D eigenvalue weighted by Crippen LogP contribution is -2.43. The van der Waals surface area contributed by atoms with Crippen LogP contribution in [0.15, 0.2) is 42.7 Å². The average molecular weight is 302 g/mol. The van der Waals surface area contributed by atoms with E-state index in [9.17, 15) is 4.79 Å². The van der Waals surface area contributed by atoms with Crippen molar-refractivity contribution in [1.82, 2.24) is 20.0 Å². The van der Waals surface area contributed by atoms with Crippen molar-refractivity contribution in [3.05, 3.63) is 48.3 Å². The van der Waals surface area contributed by atoms with Gasteiger partial charge in [0.2, 0.25) is 0 Å². The molecule has 1 heterocycles. The van der Waals surface area contributed by atoms with Crippen molar-refractivity contribution in [3.63, 3.8) is 0 Å². The van der Waals surface area contributed by atoms with Crippen molar-refractivity contribution in [1.29, 1.82) is 0 Å². The lowest BCUT2D eigenvalue weighted by Gasteiger charge is -2.20. The van der Waals surface area contributed by atoms with Crippen LogP contribution in [0.5, 0.6) is 0 Å². The van der Waals surface area contributed by atoms with E-state index < -0.39 is 0 Å². The van der Waals surface area contributed by atoms with Gasteiger partial charge in [-0.05, 0) is 19.1 Å². The van der Waals surface area contributed by atoms with Crippen LogP contribution in [0.3, 0.4) is 0 Å². The molecule has 0 fully saturated rings. The molecule has 2 aromatic rings. The number of ether oxygens (including phenoxy) is 1. The van der Waals surface area contributed by atoms with Gasteiger partial charge in [-0.1, -0.05) is 18.2 Å². The van der Waals surface area contributed by atoms with E-state index in [-0.39, 0.29) is 12.1 Å². The minimum Gasteiger partial charge on any atom is -0.383 e. The number of nitrogens with zero attached hydrogens (tertiary/aromatic N) is 3. The number of methoxy groups -OCH3 is 1. The van der Waals surface area contributed by atoms with E-state index in [2.05, 4.69) is 10.4 Å². The van der Waals surface area contributed by atoms with Crippen molar-refractivity contribution < 1.29 is 9.53 Å². The zero-order valence-electron chi connectivity index (χ0n) is 13.2. The summed E-state index contributed by atoms with van der Waals surface area (Å²) in [5.41, 5.74) is 1.97. The predicted octanol–water partition coefficient (Wildman–Crippen LogP) is 2.05. The molecule has 0 spiro atoms. The molecular weight excluding hydrogens is 280 g/mol. The summed E-state index contributed by atoms with van der Waals surface area (Å²) in [6.45, 7) is 2.90. The van der Waals surface area contributed by atoms with Crippen molar-refractivity contribution in [2.45, 2.75) is 19.5 Å². The van der Waals surface area contributed by atoms with E-state index in [4.69, 9.17) is 4.74 Å². The molecule has 1 unspecified atom stereocenters. The largest absolute Gasteiger partial charge is 0.383 e. The summed E-state index contributed by atoms with van der Waals surface area (Å²) in [7, 11) is 3.37. The molecule has 118 valence electrons. The second-order valence-electron chi connectivity index (χ2n) is 5.29. The van der Waals surface area contributed by atoms with Gasteiger partial charge >= 0.3 is 6.03 Å². The molecule has 0 aliphatic heterocycles. The van der Waals surface area contributed by atoms with E-state index in [1.54, 1.807) is 29.9 Å². The van der Waals surface area contributed by atoms with Crippen molar-refractivity contribution in [2.24, 2.45) is 0 Å². The minimum atomic E-state index is -0.128. The molecule has 1 atom stereocenters. The molecular formula is C16H22N4O2. The number of hydrogen-bond donors (Lipinski definition) is 1. The predicted molar refractivity (Wildman–Crippen MR) is 84.9 cm³/mol. The van der Waals surface area contributed by atoms with E-state index >= 15 is 0 Å². The molecule has 1 aromatic carbocycles. The first-order valence-corrected chi connectivity index (χ1v) is 7.19. The highest BCUT2D eigenvalue weighted by atomic mass is 16.5. The topological polar surface area (TPSA) is 59.4 Å². The standard InChI is InChI=1S/C16H22N4O2/c1-13(12-22-3)18-16(21)19(2)10-14-9-17-20(11-14)15-7-5-4-6-8-15/h4-9,11,13H,10,12H2,1-3H3,(H,18,21). The molecule has 0 saturated carbocycles. The van der Waals surface area contributed by atoms with Gasteiger partial charge in [0.25, 0.3) is 0 Å². The molecule has 6 heteroatoms. The van der Waals surface area contributed by atoms with Gasteiger partial charge in [-0.2, -0.15) is 5.10 Å². The van der Waals surface area contributed by atoms with Crippen molar-refractivity contribution >= 4 is 6.03 Å². The third-order valence-corrected chi connectivity index (χ3v) is 3.21. The van der Waals surface area contributed by atoms with Gasteiger partial charge in [-0.3, -0.25) is 0 Å². The Morgan fingerprint density at radius 1 is 1.41 bits per heavy atom.